The van der Waals surface area contributed by atoms with E-state index in [-0.39, 0.29) is 12.8 Å². The lowest BCUT2D eigenvalue weighted by molar-refractivity contribution is -0.145. The fourth-order valence-electron chi connectivity index (χ4n) is 2.77. The minimum absolute atomic E-state index is 0.0854. The van der Waals surface area contributed by atoms with E-state index in [1.807, 2.05) is 0 Å². The van der Waals surface area contributed by atoms with Crippen LogP contribution in [0.2, 0.25) is 0 Å². The van der Waals surface area contributed by atoms with Crippen LogP contribution in [-0.2, 0) is 32.0 Å². The topological polar surface area (TPSA) is 84.5 Å². The number of esters is 1. The minimum Gasteiger partial charge on any atom is -0.467 e. The van der Waals surface area contributed by atoms with Gasteiger partial charge in [0, 0.05) is 19.8 Å². The average molecular weight is 404 g/mol. The van der Waals surface area contributed by atoms with Gasteiger partial charge in [0.25, 0.3) is 0 Å². The fraction of sp³-hybridized carbons (Fsp3) is 0.286. The zero-order chi connectivity index (χ0) is 21.4. The molecule has 0 aromatic heterocycles. The Hall–Kier alpha value is -3.29. The summed E-state index contributed by atoms with van der Waals surface area (Å²) in [6.07, 6.45) is 0.193. The molecule has 2 rings (SSSR count). The molecule has 8 heteroatoms. The summed E-state index contributed by atoms with van der Waals surface area (Å²) >= 11 is 0. The van der Waals surface area contributed by atoms with Gasteiger partial charge in [-0.2, -0.15) is 0 Å². The first-order chi connectivity index (χ1) is 13.8. The Morgan fingerprint density at radius 3 is 1.69 bits per heavy atom. The molecule has 2 aromatic rings. The van der Waals surface area contributed by atoms with E-state index in [0.29, 0.717) is 11.1 Å². The molecular formula is C21H22F2N2O4. The van der Waals surface area contributed by atoms with E-state index in [1.54, 1.807) is 0 Å². The van der Waals surface area contributed by atoms with Crippen LogP contribution in [0.5, 0.6) is 0 Å². The summed E-state index contributed by atoms with van der Waals surface area (Å²) in [4.78, 5) is 36.4. The first-order valence-electron chi connectivity index (χ1n) is 8.92. The van der Waals surface area contributed by atoms with Crippen LogP contribution in [0.3, 0.4) is 0 Å². The smallest absolute Gasteiger partial charge is 0.328 e. The van der Waals surface area contributed by atoms with Crippen LogP contribution in [0, 0.1) is 11.6 Å². The fourth-order valence-corrected chi connectivity index (χ4v) is 2.77. The van der Waals surface area contributed by atoms with Crippen LogP contribution in [-0.4, -0.2) is 37.0 Å². The summed E-state index contributed by atoms with van der Waals surface area (Å²) < 4.78 is 30.9. The molecule has 2 amide bonds. The van der Waals surface area contributed by atoms with Crippen LogP contribution in [0.1, 0.15) is 18.1 Å². The normalized spacial score (nSPS) is 12.6. The summed E-state index contributed by atoms with van der Waals surface area (Å²) in [5.74, 6) is -2.54. The third-order valence-electron chi connectivity index (χ3n) is 4.20. The lowest BCUT2D eigenvalue weighted by atomic mass is 10.0. The molecule has 2 aromatic carbocycles. The van der Waals surface area contributed by atoms with Gasteiger partial charge in [-0.25, -0.2) is 13.6 Å². The van der Waals surface area contributed by atoms with Gasteiger partial charge in [-0.15, -0.1) is 0 Å². The summed E-state index contributed by atoms with van der Waals surface area (Å²) in [6, 6.07) is 9.03. The maximum Gasteiger partial charge on any atom is 0.328 e. The highest BCUT2D eigenvalue weighted by Crippen LogP contribution is 2.09. The highest BCUT2D eigenvalue weighted by Gasteiger charge is 2.27. The standard InChI is InChI=1S/C21H22F2N2O4/c1-13(26)24-18(11-14-3-7-16(22)8-4-14)20(27)25-19(21(28)29-2)12-15-5-9-17(23)10-6-15/h3-10,18-19H,11-12H2,1-2H3,(H,24,26)(H,25,27)/t18-,19-/m1/s1. The maximum atomic E-state index is 13.1. The van der Waals surface area contributed by atoms with Gasteiger partial charge in [0.2, 0.25) is 11.8 Å². The van der Waals surface area contributed by atoms with Crippen molar-refractivity contribution >= 4 is 17.8 Å². The lowest BCUT2D eigenvalue weighted by Crippen LogP contribution is -2.53. The zero-order valence-electron chi connectivity index (χ0n) is 16.1. The highest BCUT2D eigenvalue weighted by atomic mass is 19.1. The van der Waals surface area contributed by atoms with Crippen LogP contribution in [0.25, 0.3) is 0 Å². The number of hydrogen-bond acceptors (Lipinski definition) is 4. The number of methoxy groups -OCH3 is 1. The third kappa shape index (κ3) is 6.99. The van der Waals surface area contributed by atoms with E-state index in [4.69, 9.17) is 4.74 Å². The van der Waals surface area contributed by atoms with Gasteiger partial charge in [0.05, 0.1) is 7.11 Å². The van der Waals surface area contributed by atoms with E-state index in [9.17, 15) is 23.2 Å². The Bertz CT molecular complexity index is 854. The largest absolute Gasteiger partial charge is 0.467 e. The van der Waals surface area contributed by atoms with Crippen molar-refractivity contribution in [3.8, 4) is 0 Å². The van der Waals surface area contributed by atoms with Crippen molar-refractivity contribution in [3.05, 3.63) is 71.3 Å². The molecule has 0 radical (unpaired) electrons. The second-order valence-corrected chi connectivity index (χ2v) is 6.50. The number of halogens is 2. The molecule has 6 nitrogen and oxygen atoms in total. The Kier molecular flexibility index (Phi) is 7.82. The van der Waals surface area contributed by atoms with Gasteiger partial charge < -0.3 is 15.4 Å². The van der Waals surface area contributed by atoms with Gasteiger partial charge in [-0.3, -0.25) is 9.59 Å². The molecule has 0 saturated heterocycles. The quantitative estimate of drug-likeness (QED) is 0.659. The molecular weight excluding hydrogens is 382 g/mol. The molecule has 154 valence electrons. The zero-order valence-corrected chi connectivity index (χ0v) is 16.1. The van der Waals surface area contributed by atoms with E-state index in [1.165, 1.54) is 62.6 Å². The Morgan fingerprint density at radius 1 is 0.828 bits per heavy atom. The van der Waals surface area contributed by atoms with Crippen molar-refractivity contribution in [3.63, 3.8) is 0 Å². The lowest BCUT2D eigenvalue weighted by Gasteiger charge is -2.22. The average Bonchev–Trinajstić information content (AvgIpc) is 2.69. The summed E-state index contributed by atoms with van der Waals surface area (Å²) in [5.41, 5.74) is 1.25. The van der Waals surface area contributed by atoms with Gasteiger partial charge in [0.15, 0.2) is 0 Å². The first kappa shape index (κ1) is 22.0. The molecule has 2 N–H and O–H groups in total. The van der Waals surface area contributed by atoms with Crippen molar-refractivity contribution in [2.75, 3.05) is 7.11 Å². The van der Waals surface area contributed by atoms with E-state index >= 15 is 0 Å². The van der Waals surface area contributed by atoms with E-state index in [2.05, 4.69) is 10.6 Å². The Balaban J connectivity index is 2.15. The SMILES string of the molecule is COC(=O)[C@@H](Cc1ccc(F)cc1)NC(=O)[C@@H](Cc1ccc(F)cc1)NC(C)=O. The van der Waals surface area contributed by atoms with Crippen molar-refractivity contribution in [2.24, 2.45) is 0 Å². The molecule has 2 atom stereocenters. The Labute approximate surface area is 167 Å². The van der Waals surface area contributed by atoms with Crippen LogP contribution >= 0.6 is 0 Å². The summed E-state index contributed by atoms with van der Waals surface area (Å²) in [7, 11) is 1.19. The van der Waals surface area contributed by atoms with Crippen LogP contribution in [0.4, 0.5) is 8.78 Å². The molecule has 0 fully saturated rings. The summed E-state index contributed by atoms with van der Waals surface area (Å²) in [5, 5.41) is 5.10. The van der Waals surface area contributed by atoms with Crippen molar-refractivity contribution < 1.29 is 27.9 Å². The van der Waals surface area contributed by atoms with E-state index in [0.717, 1.165) is 0 Å². The van der Waals surface area contributed by atoms with Crippen molar-refractivity contribution in [1.82, 2.24) is 10.6 Å². The van der Waals surface area contributed by atoms with Gasteiger partial charge in [-0.05, 0) is 35.4 Å². The number of nitrogens with one attached hydrogen (secondary N) is 2. The number of hydrogen-bond donors (Lipinski definition) is 2. The predicted octanol–water partition coefficient (Wildman–Crippen LogP) is 1.91. The molecule has 0 bridgehead atoms. The van der Waals surface area contributed by atoms with E-state index < -0.39 is 41.5 Å². The molecule has 0 saturated carbocycles. The molecule has 29 heavy (non-hydrogen) atoms. The number of carbonyl (C=O) groups excluding carboxylic acids is 3. The van der Waals surface area contributed by atoms with Crippen LogP contribution in [0.15, 0.2) is 48.5 Å². The Morgan fingerprint density at radius 2 is 1.28 bits per heavy atom. The predicted molar refractivity (Wildman–Crippen MR) is 102 cm³/mol. The molecule has 0 aliphatic carbocycles. The van der Waals surface area contributed by atoms with Gasteiger partial charge in [0.1, 0.15) is 23.7 Å². The molecule has 0 aliphatic heterocycles. The number of carbonyl (C=O) groups is 3. The van der Waals surface area contributed by atoms with Crippen molar-refractivity contribution in [1.29, 1.82) is 0 Å². The molecule has 0 heterocycles. The molecule has 0 spiro atoms. The van der Waals surface area contributed by atoms with Crippen LogP contribution < -0.4 is 10.6 Å². The second-order valence-electron chi connectivity index (χ2n) is 6.50. The molecule has 0 unspecified atom stereocenters. The second kappa shape index (κ2) is 10.3. The minimum atomic E-state index is -1.03. The third-order valence-corrected chi connectivity index (χ3v) is 4.20. The number of ether oxygens (including phenoxy) is 1. The van der Waals surface area contributed by atoms with Gasteiger partial charge >= 0.3 is 5.97 Å². The highest BCUT2D eigenvalue weighted by molar-refractivity contribution is 5.90. The number of rotatable bonds is 8. The van der Waals surface area contributed by atoms with Crippen molar-refractivity contribution in [2.45, 2.75) is 31.8 Å². The monoisotopic (exact) mass is 404 g/mol. The number of benzene rings is 2. The first-order valence-corrected chi connectivity index (χ1v) is 8.92. The number of amides is 2. The maximum absolute atomic E-state index is 13.1. The summed E-state index contributed by atoms with van der Waals surface area (Å²) in [6.45, 7) is 1.27. The van der Waals surface area contributed by atoms with Gasteiger partial charge in [-0.1, -0.05) is 24.3 Å². The molecule has 0 aliphatic rings.